The topological polar surface area (TPSA) is 81.2 Å². The number of amides is 2. The van der Waals surface area contributed by atoms with Gasteiger partial charge in [0.15, 0.2) is 0 Å². The third-order valence-corrected chi connectivity index (χ3v) is 4.17. The van der Waals surface area contributed by atoms with Gasteiger partial charge in [0.2, 0.25) is 5.91 Å². The first-order valence-corrected chi connectivity index (χ1v) is 8.16. The van der Waals surface area contributed by atoms with Crippen LogP contribution in [0.1, 0.15) is 22.3 Å². The Balaban J connectivity index is 1.71. The van der Waals surface area contributed by atoms with E-state index < -0.39 is 11.8 Å². The van der Waals surface area contributed by atoms with E-state index in [1.165, 1.54) is 18.3 Å². The molecule has 0 saturated heterocycles. The van der Waals surface area contributed by atoms with Gasteiger partial charge in [-0.05, 0) is 24.3 Å². The molecule has 2 heterocycles. The number of carbonyl (C=O) groups is 2. The van der Waals surface area contributed by atoms with Crippen molar-refractivity contribution in [1.82, 2.24) is 15.3 Å². The Kier molecular flexibility index (Phi) is 4.73. The van der Waals surface area contributed by atoms with Crippen LogP contribution in [0.4, 0.5) is 0 Å². The second kappa shape index (κ2) is 6.94. The number of rotatable bonds is 4. The quantitative estimate of drug-likeness (QED) is 0.771. The summed E-state index contributed by atoms with van der Waals surface area (Å²) in [7, 11) is 0. The number of aromatic nitrogens is 2. The molecule has 0 saturated carbocycles. The van der Waals surface area contributed by atoms with Gasteiger partial charge in [-0.2, -0.15) is 0 Å². The lowest BCUT2D eigenvalue weighted by Gasteiger charge is -2.06. The third-order valence-electron chi connectivity index (χ3n) is 3.01. The summed E-state index contributed by atoms with van der Waals surface area (Å²) in [6.07, 6.45) is 1.57. The number of hydrogen-bond donors (Lipinski definition) is 1. The van der Waals surface area contributed by atoms with E-state index in [0.29, 0.717) is 16.3 Å². The summed E-state index contributed by atoms with van der Waals surface area (Å²) in [6.45, 7) is 1.53. The maximum Gasteiger partial charge on any atom is 0.257 e. The fourth-order valence-corrected chi connectivity index (χ4v) is 2.96. The Bertz CT molecular complexity index is 926. The molecular formula is C16H12ClN3O3S. The highest BCUT2D eigenvalue weighted by molar-refractivity contribution is 7.18. The summed E-state index contributed by atoms with van der Waals surface area (Å²) >= 11 is 7.31. The Morgan fingerprint density at radius 3 is 2.96 bits per heavy atom. The van der Waals surface area contributed by atoms with E-state index in [-0.39, 0.29) is 6.61 Å². The Labute approximate surface area is 146 Å². The molecule has 2 aromatic heterocycles. The summed E-state index contributed by atoms with van der Waals surface area (Å²) in [4.78, 5) is 32.2. The minimum absolute atomic E-state index is 0.246. The largest absolute Gasteiger partial charge is 0.486 e. The van der Waals surface area contributed by atoms with Gasteiger partial charge in [0.25, 0.3) is 5.91 Å². The lowest BCUT2D eigenvalue weighted by molar-refractivity contribution is -0.118. The van der Waals surface area contributed by atoms with E-state index in [2.05, 4.69) is 15.3 Å². The maximum absolute atomic E-state index is 11.8. The second-order valence-electron chi connectivity index (χ2n) is 4.91. The van der Waals surface area contributed by atoms with Crippen LogP contribution in [0, 0.1) is 0 Å². The predicted molar refractivity (Wildman–Crippen MR) is 91.3 cm³/mol. The third kappa shape index (κ3) is 3.87. The molecule has 3 aromatic rings. The monoisotopic (exact) mass is 361 g/mol. The molecule has 3 rings (SSSR count). The molecule has 0 spiro atoms. The summed E-state index contributed by atoms with van der Waals surface area (Å²) in [6, 6.07) is 8.34. The second-order valence-corrected chi connectivity index (χ2v) is 6.41. The molecule has 0 aliphatic carbocycles. The van der Waals surface area contributed by atoms with Gasteiger partial charge in [-0.3, -0.25) is 14.9 Å². The number of nitrogens with one attached hydrogen (secondary N) is 1. The smallest absolute Gasteiger partial charge is 0.257 e. The van der Waals surface area contributed by atoms with Crippen molar-refractivity contribution in [3.8, 4) is 5.75 Å². The van der Waals surface area contributed by atoms with Gasteiger partial charge in [0, 0.05) is 18.7 Å². The number of pyridine rings is 1. The van der Waals surface area contributed by atoms with Gasteiger partial charge >= 0.3 is 0 Å². The van der Waals surface area contributed by atoms with Crippen LogP contribution in [0.25, 0.3) is 10.3 Å². The zero-order valence-electron chi connectivity index (χ0n) is 12.6. The van der Waals surface area contributed by atoms with Crippen molar-refractivity contribution in [1.29, 1.82) is 0 Å². The molecule has 24 heavy (non-hydrogen) atoms. The van der Waals surface area contributed by atoms with Crippen LogP contribution in [-0.2, 0) is 11.4 Å². The van der Waals surface area contributed by atoms with E-state index in [1.54, 1.807) is 36.5 Å². The van der Waals surface area contributed by atoms with Crippen LogP contribution in [0.3, 0.4) is 0 Å². The highest BCUT2D eigenvalue weighted by Gasteiger charge is 2.10. The lowest BCUT2D eigenvalue weighted by Crippen LogP contribution is -2.27. The molecule has 0 atom stereocenters. The molecule has 122 valence electrons. The van der Waals surface area contributed by atoms with Crippen molar-refractivity contribution in [2.45, 2.75) is 13.5 Å². The van der Waals surface area contributed by atoms with Gasteiger partial charge in [0.05, 0.1) is 5.02 Å². The van der Waals surface area contributed by atoms with Crippen LogP contribution in [0.5, 0.6) is 5.75 Å². The van der Waals surface area contributed by atoms with Gasteiger partial charge in [-0.1, -0.05) is 29.0 Å². The fourth-order valence-electron chi connectivity index (χ4n) is 2.01. The molecule has 0 fully saturated rings. The van der Waals surface area contributed by atoms with E-state index in [0.717, 1.165) is 15.4 Å². The molecule has 0 aliphatic heterocycles. The Morgan fingerprint density at radius 2 is 2.17 bits per heavy atom. The maximum atomic E-state index is 11.8. The van der Waals surface area contributed by atoms with E-state index >= 15 is 0 Å². The van der Waals surface area contributed by atoms with Gasteiger partial charge in [0.1, 0.15) is 27.7 Å². The SMILES string of the molecule is CC(=O)NC(=O)c1cccc(OCc2nc3cc(Cl)cnc3s2)c1. The van der Waals surface area contributed by atoms with E-state index in [4.69, 9.17) is 16.3 Å². The fraction of sp³-hybridized carbons (Fsp3) is 0.125. The van der Waals surface area contributed by atoms with Crippen LogP contribution in [0.15, 0.2) is 36.5 Å². The van der Waals surface area contributed by atoms with Gasteiger partial charge in [-0.15, -0.1) is 0 Å². The molecule has 1 N–H and O–H groups in total. The number of imide groups is 1. The van der Waals surface area contributed by atoms with Crippen molar-refractivity contribution < 1.29 is 14.3 Å². The predicted octanol–water partition coefficient (Wildman–Crippen LogP) is 3.20. The number of halogens is 1. The first-order chi connectivity index (χ1) is 11.5. The number of benzene rings is 1. The molecule has 8 heteroatoms. The number of carbonyl (C=O) groups excluding carboxylic acids is 2. The Morgan fingerprint density at radius 1 is 1.33 bits per heavy atom. The van der Waals surface area contributed by atoms with Gasteiger partial charge < -0.3 is 4.74 Å². The molecule has 0 aliphatic rings. The van der Waals surface area contributed by atoms with Gasteiger partial charge in [-0.25, -0.2) is 9.97 Å². The molecule has 0 radical (unpaired) electrons. The van der Waals surface area contributed by atoms with Crippen molar-refractivity contribution in [3.63, 3.8) is 0 Å². The molecule has 1 aromatic carbocycles. The van der Waals surface area contributed by atoms with E-state index in [9.17, 15) is 9.59 Å². The highest BCUT2D eigenvalue weighted by Crippen LogP contribution is 2.24. The minimum Gasteiger partial charge on any atom is -0.486 e. The van der Waals surface area contributed by atoms with Crippen molar-refractivity contribution in [2.24, 2.45) is 0 Å². The average Bonchev–Trinajstić information content (AvgIpc) is 2.94. The summed E-state index contributed by atoms with van der Waals surface area (Å²) < 4.78 is 5.67. The zero-order valence-corrected chi connectivity index (χ0v) is 14.1. The first kappa shape index (κ1) is 16.4. The Hall–Kier alpha value is -2.51. The summed E-state index contributed by atoms with van der Waals surface area (Å²) in [5.41, 5.74) is 1.07. The molecule has 6 nitrogen and oxygen atoms in total. The highest BCUT2D eigenvalue weighted by atomic mass is 35.5. The van der Waals surface area contributed by atoms with Crippen molar-refractivity contribution in [3.05, 3.63) is 52.1 Å². The molecular weight excluding hydrogens is 350 g/mol. The number of ether oxygens (including phenoxy) is 1. The molecule has 2 amide bonds. The minimum atomic E-state index is -0.466. The lowest BCUT2D eigenvalue weighted by atomic mass is 10.2. The molecule has 0 unspecified atom stereocenters. The van der Waals surface area contributed by atoms with Crippen LogP contribution < -0.4 is 10.1 Å². The number of nitrogens with zero attached hydrogens (tertiary/aromatic N) is 2. The number of fused-ring (bicyclic) bond motifs is 1. The van der Waals surface area contributed by atoms with Crippen LogP contribution in [-0.4, -0.2) is 21.8 Å². The standard InChI is InChI=1S/C16H12ClN3O3S/c1-9(21)19-15(22)10-3-2-4-12(5-10)23-8-14-20-13-6-11(17)7-18-16(13)24-14/h2-7H,8H2,1H3,(H,19,21,22). The van der Waals surface area contributed by atoms with Crippen molar-refractivity contribution in [2.75, 3.05) is 0 Å². The summed E-state index contributed by atoms with van der Waals surface area (Å²) in [5, 5.41) is 3.50. The van der Waals surface area contributed by atoms with Crippen LogP contribution in [0.2, 0.25) is 5.02 Å². The number of hydrogen-bond acceptors (Lipinski definition) is 6. The summed E-state index contributed by atoms with van der Waals surface area (Å²) in [5.74, 6) is -0.366. The van der Waals surface area contributed by atoms with Crippen LogP contribution >= 0.6 is 22.9 Å². The van der Waals surface area contributed by atoms with E-state index in [1.807, 2.05) is 0 Å². The first-order valence-electron chi connectivity index (χ1n) is 6.97. The molecule has 0 bridgehead atoms. The number of thiazole rings is 1. The normalized spacial score (nSPS) is 10.6. The van der Waals surface area contributed by atoms with Crippen molar-refractivity contribution >= 4 is 45.1 Å². The zero-order chi connectivity index (χ0) is 17.1. The average molecular weight is 362 g/mol.